The third kappa shape index (κ3) is 6.94. The average Bonchev–Trinajstić information content (AvgIpc) is 2.65. The summed E-state index contributed by atoms with van der Waals surface area (Å²) in [6.45, 7) is 7.12. The van der Waals surface area contributed by atoms with Crippen molar-refractivity contribution < 1.29 is 14.5 Å². The van der Waals surface area contributed by atoms with Crippen molar-refractivity contribution in [1.82, 2.24) is 5.32 Å². The van der Waals surface area contributed by atoms with Crippen LogP contribution in [0.3, 0.4) is 0 Å². The smallest absolute Gasteiger partial charge is 0.269 e. The topological polar surface area (TPSA) is 81.5 Å². The number of amides is 1. The summed E-state index contributed by atoms with van der Waals surface area (Å²) >= 11 is 1.36. The van der Waals surface area contributed by atoms with Crippen molar-refractivity contribution in [2.24, 2.45) is 5.92 Å². The Morgan fingerprint density at radius 3 is 2.30 bits per heavy atom. The van der Waals surface area contributed by atoms with Crippen LogP contribution in [-0.4, -0.2) is 22.7 Å². The summed E-state index contributed by atoms with van der Waals surface area (Å²) in [5.41, 5.74) is 1.03. The molecule has 27 heavy (non-hydrogen) atoms. The van der Waals surface area contributed by atoms with Gasteiger partial charge in [0, 0.05) is 23.6 Å². The molecule has 2 aromatic rings. The van der Waals surface area contributed by atoms with Gasteiger partial charge < -0.3 is 10.1 Å². The fourth-order valence-electron chi connectivity index (χ4n) is 2.20. The molecule has 0 radical (unpaired) electrons. The number of hydrogen-bond donors (Lipinski definition) is 1. The van der Waals surface area contributed by atoms with Crippen LogP contribution in [0.15, 0.2) is 53.4 Å². The number of nitro groups is 1. The van der Waals surface area contributed by atoms with Crippen LogP contribution in [0.4, 0.5) is 5.69 Å². The quantitative estimate of drug-likeness (QED) is 0.390. The molecule has 0 saturated heterocycles. The summed E-state index contributed by atoms with van der Waals surface area (Å²) in [6, 6.07) is 13.9. The second kappa shape index (κ2) is 9.97. The predicted molar refractivity (Wildman–Crippen MR) is 107 cm³/mol. The molecule has 0 aliphatic carbocycles. The molecule has 0 aromatic heterocycles. The largest absolute Gasteiger partial charge is 0.493 e. The minimum Gasteiger partial charge on any atom is -0.493 e. The number of thioether (sulfide) groups is 1. The number of nitrogens with one attached hydrogen (secondary N) is 1. The van der Waals surface area contributed by atoms with E-state index in [1.54, 1.807) is 12.1 Å². The van der Waals surface area contributed by atoms with E-state index in [1.165, 1.54) is 23.9 Å². The van der Waals surface area contributed by atoms with Crippen LogP contribution in [0.1, 0.15) is 26.3 Å². The minimum absolute atomic E-state index is 0.0391. The SMILES string of the molecule is CC(C)COc1ccc(CNC(=O)C(C)Sc2ccc([N+](=O)[O-])cc2)cc1. The summed E-state index contributed by atoms with van der Waals surface area (Å²) in [5, 5.41) is 13.3. The van der Waals surface area contributed by atoms with Crippen LogP contribution in [0.25, 0.3) is 0 Å². The zero-order valence-corrected chi connectivity index (χ0v) is 16.5. The van der Waals surface area contributed by atoms with E-state index < -0.39 is 4.92 Å². The van der Waals surface area contributed by atoms with E-state index in [4.69, 9.17) is 4.74 Å². The first-order chi connectivity index (χ1) is 12.8. The Balaban J connectivity index is 1.81. The van der Waals surface area contributed by atoms with Crippen LogP contribution in [0.5, 0.6) is 5.75 Å². The highest BCUT2D eigenvalue weighted by atomic mass is 32.2. The standard InChI is InChI=1S/C20H24N2O4S/c1-14(2)13-26-18-8-4-16(5-9-18)12-21-20(23)15(3)27-19-10-6-17(7-11-19)22(24)25/h4-11,14-15H,12-13H2,1-3H3,(H,21,23). The van der Waals surface area contributed by atoms with Crippen LogP contribution < -0.4 is 10.1 Å². The van der Waals surface area contributed by atoms with E-state index in [9.17, 15) is 14.9 Å². The molecule has 2 aromatic carbocycles. The second-order valence-corrected chi connectivity index (χ2v) is 7.99. The maximum Gasteiger partial charge on any atom is 0.269 e. The Kier molecular flexibility index (Phi) is 7.67. The van der Waals surface area contributed by atoms with E-state index in [0.717, 1.165) is 16.2 Å². The summed E-state index contributed by atoms with van der Waals surface area (Å²) in [5.74, 6) is 1.21. The first-order valence-electron chi connectivity index (χ1n) is 8.75. The lowest BCUT2D eigenvalue weighted by atomic mass is 10.2. The molecule has 2 rings (SSSR count). The third-order valence-corrected chi connectivity index (χ3v) is 4.82. The Morgan fingerprint density at radius 2 is 1.74 bits per heavy atom. The number of carbonyl (C=O) groups is 1. The van der Waals surface area contributed by atoms with Gasteiger partial charge in [0.2, 0.25) is 5.91 Å². The number of rotatable bonds is 9. The fourth-order valence-corrected chi connectivity index (χ4v) is 3.10. The van der Waals surface area contributed by atoms with Crippen LogP contribution in [-0.2, 0) is 11.3 Å². The Bertz CT molecular complexity index is 761. The van der Waals surface area contributed by atoms with Gasteiger partial charge in [-0.1, -0.05) is 26.0 Å². The van der Waals surface area contributed by atoms with Gasteiger partial charge in [-0.15, -0.1) is 11.8 Å². The van der Waals surface area contributed by atoms with E-state index in [-0.39, 0.29) is 16.8 Å². The Morgan fingerprint density at radius 1 is 1.11 bits per heavy atom. The van der Waals surface area contributed by atoms with Gasteiger partial charge in [0.05, 0.1) is 16.8 Å². The molecule has 0 spiro atoms. The Labute approximate surface area is 163 Å². The minimum atomic E-state index is -0.441. The monoisotopic (exact) mass is 388 g/mol. The van der Waals surface area contributed by atoms with E-state index >= 15 is 0 Å². The van der Waals surface area contributed by atoms with Gasteiger partial charge >= 0.3 is 0 Å². The second-order valence-electron chi connectivity index (χ2n) is 6.58. The number of carbonyl (C=O) groups excluding carboxylic acids is 1. The molecule has 7 heteroatoms. The average molecular weight is 388 g/mol. The van der Waals surface area contributed by atoms with Crippen molar-refractivity contribution in [1.29, 1.82) is 0 Å². The molecular formula is C20H24N2O4S. The first-order valence-corrected chi connectivity index (χ1v) is 9.63. The molecule has 1 amide bonds. The Hall–Kier alpha value is -2.54. The molecular weight excluding hydrogens is 364 g/mol. The van der Waals surface area contributed by atoms with Gasteiger partial charge in [0.15, 0.2) is 0 Å². The zero-order valence-electron chi connectivity index (χ0n) is 15.7. The predicted octanol–water partition coefficient (Wildman–Crippen LogP) is 4.43. The molecule has 144 valence electrons. The molecule has 0 bridgehead atoms. The molecule has 1 atom stereocenters. The van der Waals surface area contributed by atoms with Crippen molar-refractivity contribution in [3.8, 4) is 5.75 Å². The number of benzene rings is 2. The summed E-state index contributed by atoms with van der Waals surface area (Å²) < 4.78 is 5.64. The normalized spacial score (nSPS) is 11.9. The van der Waals surface area contributed by atoms with Crippen molar-refractivity contribution in [2.75, 3.05) is 6.61 Å². The summed E-state index contributed by atoms with van der Waals surface area (Å²) in [7, 11) is 0. The van der Waals surface area contributed by atoms with Crippen LogP contribution in [0.2, 0.25) is 0 Å². The zero-order chi connectivity index (χ0) is 19.8. The highest BCUT2D eigenvalue weighted by molar-refractivity contribution is 8.00. The number of non-ortho nitro benzene ring substituents is 1. The molecule has 0 aliphatic rings. The fraction of sp³-hybridized carbons (Fsp3) is 0.350. The van der Waals surface area contributed by atoms with E-state index in [2.05, 4.69) is 19.2 Å². The lowest BCUT2D eigenvalue weighted by Gasteiger charge is -2.13. The highest BCUT2D eigenvalue weighted by Gasteiger charge is 2.15. The molecule has 0 fully saturated rings. The van der Waals surface area contributed by atoms with Gasteiger partial charge in [-0.25, -0.2) is 0 Å². The molecule has 1 unspecified atom stereocenters. The molecule has 0 heterocycles. The lowest BCUT2D eigenvalue weighted by Crippen LogP contribution is -2.30. The van der Waals surface area contributed by atoms with Gasteiger partial charge in [0.1, 0.15) is 5.75 Å². The van der Waals surface area contributed by atoms with Crippen molar-refractivity contribution in [3.05, 3.63) is 64.2 Å². The lowest BCUT2D eigenvalue weighted by molar-refractivity contribution is -0.384. The number of hydrogen-bond acceptors (Lipinski definition) is 5. The molecule has 6 nitrogen and oxygen atoms in total. The van der Waals surface area contributed by atoms with Crippen LogP contribution >= 0.6 is 11.8 Å². The number of nitro benzene ring substituents is 1. The van der Waals surface area contributed by atoms with Crippen LogP contribution in [0, 0.1) is 16.0 Å². The molecule has 0 aliphatic heterocycles. The maximum absolute atomic E-state index is 12.3. The van der Waals surface area contributed by atoms with Gasteiger partial charge in [0.25, 0.3) is 5.69 Å². The van der Waals surface area contributed by atoms with Crippen molar-refractivity contribution in [2.45, 2.75) is 37.5 Å². The third-order valence-electron chi connectivity index (χ3n) is 3.70. The number of nitrogens with zero attached hydrogens (tertiary/aromatic N) is 1. The highest BCUT2D eigenvalue weighted by Crippen LogP contribution is 2.25. The van der Waals surface area contributed by atoms with Gasteiger partial charge in [-0.2, -0.15) is 0 Å². The maximum atomic E-state index is 12.3. The molecule has 1 N–H and O–H groups in total. The molecule has 0 saturated carbocycles. The summed E-state index contributed by atoms with van der Waals surface area (Å²) in [4.78, 5) is 23.3. The van der Waals surface area contributed by atoms with E-state index in [1.807, 2.05) is 31.2 Å². The first kappa shape index (κ1) is 20.8. The van der Waals surface area contributed by atoms with Gasteiger partial charge in [-0.05, 0) is 42.7 Å². The van der Waals surface area contributed by atoms with Crippen molar-refractivity contribution in [3.63, 3.8) is 0 Å². The van der Waals surface area contributed by atoms with Crippen molar-refractivity contribution >= 4 is 23.4 Å². The summed E-state index contributed by atoms with van der Waals surface area (Å²) in [6.07, 6.45) is 0. The van der Waals surface area contributed by atoms with Gasteiger partial charge in [-0.3, -0.25) is 14.9 Å². The number of ether oxygens (including phenoxy) is 1. The van der Waals surface area contributed by atoms with E-state index in [0.29, 0.717) is 19.1 Å².